The molecule has 1 aromatic heterocycles. The average Bonchev–Trinajstić information content (AvgIpc) is 2.80. The molecule has 0 saturated carbocycles. The third-order valence-corrected chi connectivity index (χ3v) is 4.50. The average molecular weight is 346 g/mol. The van der Waals surface area contributed by atoms with Crippen LogP contribution in [-0.2, 0) is 0 Å². The smallest absolute Gasteiger partial charge is 0.128 e. The quantitative estimate of drug-likeness (QED) is 0.814. The Morgan fingerprint density at radius 1 is 1.32 bits per heavy atom. The van der Waals surface area contributed by atoms with E-state index in [2.05, 4.69) is 21.2 Å². The molecule has 0 amide bonds. The number of halogens is 3. The number of rotatable bonds is 5. The van der Waals surface area contributed by atoms with E-state index in [9.17, 15) is 8.78 Å². The first-order chi connectivity index (χ1) is 9.11. The van der Waals surface area contributed by atoms with E-state index in [-0.39, 0.29) is 11.9 Å². The first kappa shape index (κ1) is 14.6. The molecule has 0 bridgehead atoms. The van der Waals surface area contributed by atoms with Gasteiger partial charge in [-0.1, -0.05) is 6.92 Å². The lowest BCUT2D eigenvalue weighted by Crippen LogP contribution is -2.23. The summed E-state index contributed by atoms with van der Waals surface area (Å²) in [6, 6.07) is 5.19. The zero-order valence-electron chi connectivity index (χ0n) is 10.4. The molecule has 0 saturated heterocycles. The Kier molecular flexibility index (Phi) is 5.07. The van der Waals surface area contributed by atoms with Crippen molar-refractivity contribution in [2.45, 2.75) is 19.4 Å². The molecule has 1 nitrogen and oxygen atoms in total. The summed E-state index contributed by atoms with van der Waals surface area (Å²) in [4.78, 5) is 0.963. The summed E-state index contributed by atoms with van der Waals surface area (Å²) in [6.07, 6.45) is 0.931. The zero-order chi connectivity index (χ0) is 13.8. The van der Waals surface area contributed by atoms with Gasteiger partial charge in [-0.15, -0.1) is 11.3 Å². The van der Waals surface area contributed by atoms with E-state index in [1.54, 1.807) is 0 Å². The second-order valence-electron chi connectivity index (χ2n) is 4.22. The van der Waals surface area contributed by atoms with Crippen molar-refractivity contribution >= 4 is 27.3 Å². The van der Waals surface area contributed by atoms with Crippen LogP contribution in [0.3, 0.4) is 0 Å². The summed E-state index contributed by atoms with van der Waals surface area (Å²) in [7, 11) is 0. The second kappa shape index (κ2) is 6.59. The van der Waals surface area contributed by atoms with Crippen molar-refractivity contribution in [2.75, 3.05) is 6.54 Å². The van der Waals surface area contributed by atoms with E-state index < -0.39 is 5.82 Å². The van der Waals surface area contributed by atoms with Crippen molar-refractivity contribution < 1.29 is 8.78 Å². The van der Waals surface area contributed by atoms with Crippen molar-refractivity contribution in [2.24, 2.45) is 0 Å². The summed E-state index contributed by atoms with van der Waals surface area (Å²) in [5.41, 5.74) is 0.350. The molecule has 0 spiro atoms. The van der Waals surface area contributed by atoms with Gasteiger partial charge in [0.15, 0.2) is 0 Å². The minimum Gasteiger partial charge on any atom is -0.306 e. The first-order valence-corrected chi connectivity index (χ1v) is 7.71. The van der Waals surface area contributed by atoms with Gasteiger partial charge < -0.3 is 5.32 Å². The second-order valence-corrected chi connectivity index (χ2v) is 6.08. The van der Waals surface area contributed by atoms with E-state index >= 15 is 0 Å². The van der Waals surface area contributed by atoms with E-state index in [0.717, 1.165) is 28.4 Å². The van der Waals surface area contributed by atoms with E-state index in [0.29, 0.717) is 5.56 Å². The van der Waals surface area contributed by atoms with Crippen LogP contribution >= 0.6 is 27.3 Å². The minimum absolute atomic E-state index is 0.313. The third kappa shape index (κ3) is 3.61. The molecule has 2 aromatic rings. The van der Waals surface area contributed by atoms with Gasteiger partial charge in [0.05, 0.1) is 6.04 Å². The highest BCUT2D eigenvalue weighted by Crippen LogP contribution is 2.31. The topological polar surface area (TPSA) is 12.0 Å². The third-order valence-electron chi connectivity index (χ3n) is 2.74. The van der Waals surface area contributed by atoms with Gasteiger partial charge in [0.2, 0.25) is 0 Å². The Morgan fingerprint density at radius 2 is 2.11 bits per heavy atom. The summed E-state index contributed by atoms with van der Waals surface area (Å²) < 4.78 is 28.2. The molecule has 102 valence electrons. The molecule has 1 aromatic carbocycles. The zero-order valence-corrected chi connectivity index (χ0v) is 12.8. The highest BCUT2D eigenvalue weighted by atomic mass is 79.9. The molecular weight excluding hydrogens is 332 g/mol. The molecule has 0 aliphatic rings. The fraction of sp³-hybridized carbons (Fsp3) is 0.286. The molecule has 5 heteroatoms. The number of thiophene rings is 1. The summed E-state index contributed by atoms with van der Waals surface area (Å²) in [6.45, 7) is 2.78. The van der Waals surface area contributed by atoms with E-state index in [1.165, 1.54) is 23.5 Å². The fourth-order valence-corrected chi connectivity index (χ4v) is 3.40. The van der Waals surface area contributed by atoms with Crippen molar-refractivity contribution in [1.82, 2.24) is 5.32 Å². The predicted molar refractivity (Wildman–Crippen MR) is 78.5 cm³/mol. The number of hydrogen-bond acceptors (Lipinski definition) is 2. The molecule has 0 aliphatic carbocycles. The van der Waals surface area contributed by atoms with Crippen molar-refractivity contribution in [1.29, 1.82) is 0 Å². The molecule has 1 heterocycles. The standard InChI is InChI=1S/C14H14BrF2NS/c1-2-5-18-14(13-6-9(15)8-19-13)11-7-10(16)3-4-12(11)17/h3-4,6-8,14,18H,2,5H2,1H3. The molecule has 2 rings (SSSR count). The largest absolute Gasteiger partial charge is 0.306 e. The van der Waals surface area contributed by atoms with Crippen LogP contribution in [0.4, 0.5) is 8.78 Å². The predicted octanol–water partition coefficient (Wildman–Crippen LogP) is 4.88. The van der Waals surface area contributed by atoms with Gasteiger partial charge >= 0.3 is 0 Å². The highest BCUT2D eigenvalue weighted by molar-refractivity contribution is 9.10. The van der Waals surface area contributed by atoms with Crippen molar-refractivity contribution in [3.63, 3.8) is 0 Å². The SMILES string of the molecule is CCCNC(c1cc(Br)cs1)c1cc(F)ccc1F. The number of hydrogen-bond donors (Lipinski definition) is 1. The molecule has 1 atom stereocenters. The van der Waals surface area contributed by atoms with Gasteiger partial charge in [-0.25, -0.2) is 8.78 Å². The monoisotopic (exact) mass is 345 g/mol. The summed E-state index contributed by atoms with van der Waals surface area (Å²) >= 11 is 4.91. The lowest BCUT2D eigenvalue weighted by atomic mass is 10.0. The van der Waals surface area contributed by atoms with Crippen molar-refractivity contribution in [3.8, 4) is 0 Å². The Morgan fingerprint density at radius 3 is 2.74 bits per heavy atom. The molecule has 0 fully saturated rings. The first-order valence-electron chi connectivity index (χ1n) is 6.04. The van der Waals surface area contributed by atoms with Gasteiger partial charge in [-0.2, -0.15) is 0 Å². The van der Waals surface area contributed by atoms with Gasteiger partial charge in [-0.05, 0) is 53.2 Å². The number of benzene rings is 1. The van der Waals surface area contributed by atoms with Crippen LogP contribution in [0.25, 0.3) is 0 Å². The van der Waals surface area contributed by atoms with E-state index in [1.807, 2.05) is 18.4 Å². The molecule has 1 N–H and O–H groups in total. The van der Waals surface area contributed by atoms with Crippen molar-refractivity contribution in [3.05, 3.63) is 56.2 Å². The maximum atomic E-state index is 13.9. The molecule has 0 radical (unpaired) electrons. The Bertz CT molecular complexity index is 556. The van der Waals surface area contributed by atoms with Crippen LogP contribution in [0.15, 0.2) is 34.1 Å². The Balaban J connectivity index is 2.39. The molecular formula is C14H14BrF2NS. The van der Waals surface area contributed by atoms with Gasteiger partial charge in [0, 0.05) is 20.3 Å². The minimum atomic E-state index is -0.421. The molecule has 0 aliphatic heterocycles. The van der Waals surface area contributed by atoms with Crippen LogP contribution in [0, 0.1) is 11.6 Å². The number of nitrogens with one attached hydrogen (secondary N) is 1. The molecule has 19 heavy (non-hydrogen) atoms. The van der Waals surface area contributed by atoms with Crippen LogP contribution in [0.2, 0.25) is 0 Å². The lowest BCUT2D eigenvalue weighted by molar-refractivity contribution is 0.539. The summed E-state index contributed by atoms with van der Waals surface area (Å²) in [5, 5.41) is 5.20. The summed E-state index contributed by atoms with van der Waals surface area (Å²) in [5.74, 6) is -0.810. The molecule has 1 unspecified atom stereocenters. The van der Waals surface area contributed by atoms with Gasteiger partial charge in [0.25, 0.3) is 0 Å². The van der Waals surface area contributed by atoms with Crippen LogP contribution in [0.1, 0.15) is 29.8 Å². The maximum Gasteiger partial charge on any atom is 0.128 e. The van der Waals surface area contributed by atoms with Crippen LogP contribution in [-0.4, -0.2) is 6.54 Å². The fourth-order valence-electron chi connectivity index (χ4n) is 1.87. The van der Waals surface area contributed by atoms with Crippen LogP contribution < -0.4 is 5.32 Å². The highest BCUT2D eigenvalue weighted by Gasteiger charge is 2.19. The van der Waals surface area contributed by atoms with E-state index in [4.69, 9.17) is 0 Å². The van der Waals surface area contributed by atoms with Crippen LogP contribution in [0.5, 0.6) is 0 Å². The maximum absolute atomic E-state index is 13.9. The normalized spacial score (nSPS) is 12.6. The van der Waals surface area contributed by atoms with Gasteiger partial charge in [0.1, 0.15) is 11.6 Å². The Hall–Kier alpha value is -0.780. The Labute approximate surface area is 123 Å². The lowest BCUT2D eigenvalue weighted by Gasteiger charge is -2.18. The van der Waals surface area contributed by atoms with Gasteiger partial charge in [-0.3, -0.25) is 0 Å².